The van der Waals surface area contributed by atoms with Crippen LogP contribution in [0.5, 0.6) is 0 Å². The van der Waals surface area contributed by atoms with E-state index in [0.717, 1.165) is 38.6 Å². The maximum atomic E-state index is 12.0. The van der Waals surface area contributed by atoms with Crippen LogP contribution in [0.3, 0.4) is 0 Å². The highest BCUT2D eigenvalue weighted by Gasteiger charge is 2.32. The van der Waals surface area contributed by atoms with Gasteiger partial charge in [-0.1, -0.05) is 6.42 Å². The lowest BCUT2D eigenvalue weighted by Crippen LogP contribution is -2.44. The van der Waals surface area contributed by atoms with Gasteiger partial charge in [0.1, 0.15) is 0 Å². The van der Waals surface area contributed by atoms with Crippen LogP contribution >= 0.6 is 0 Å². The number of nitrogens with one attached hydrogen (secondary N) is 1. The number of amides is 2. The first-order valence-electron chi connectivity index (χ1n) is 8.38. The topological polar surface area (TPSA) is 78.9 Å². The van der Waals surface area contributed by atoms with Gasteiger partial charge in [-0.05, 0) is 25.7 Å². The van der Waals surface area contributed by atoms with E-state index in [1.54, 1.807) is 0 Å². The highest BCUT2D eigenvalue weighted by atomic mass is 16.5. The molecule has 6 nitrogen and oxygen atoms in total. The second kappa shape index (κ2) is 8.48. The van der Waals surface area contributed by atoms with Crippen molar-refractivity contribution < 1.29 is 19.4 Å². The van der Waals surface area contributed by atoms with Crippen LogP contribution in [-0.4, -0.2) is 61.3 Å². The summed E-state index contributed by atoms with van der Waals surface area (Å²) >= 11 is 0. The number of hydrogen-bond donors (Lipinski definition) is 2. The predicted molar refractivity (Wildman–Crippen MR) is 82.2 cm³/mol. The molecule has 0 radical (unpaired) electrons. The first kappa shape index (κ1) is 17.2. The van der Waals surface area contributed by atoms with Crippen molar-refractivity contribution in [2.45, 2.75) is 44.9 Å². The smallest absolute Gasteiger partial charge is 0.222 e. The number of aliphatic hydroxyl groups is 1. The number of likely N-dealkylation sites (tertiary alicyclic amines) is 1. The third-order valence-corrected chi connectivity index (χ3v) is 4.83. The van der Waals surface area contributed by atoms with E-state index in [2.05, 4.69) is 5.32 Å². The molecule has 0 atom stereocenters. The Morgan fingerprint density at radius 1 is 1.27 bits per heavy atom. The van der Waals surface area contributed by atoms with Gasteiger partial charge in [-0.15, -0.1) is 0 Å². The Balaban J connectivity index is 1.71. The van der Waals surface area contributed by atoms with Gasteiger partial charge in [-0.25, -0.2) is 0 Å². The van der Waals surface area contributed by atoms with E-state index in [-0.39, 0.29) is 23.8 Å². The Morgan fingerprint density at radius 3 is 2.77 bits per heavy atom. The Morgan fingerprint density at radius 2 is 2.05 bits per heavy atom. The minimum absolute atomic E-state index is 0.0450. The Labute approximate surface area is 132 Å². The highest BCUT2D eigenvalue weighted by Crippen LogP contribution is 2.28. The summed E-state index contributed by atoms with van der Waals surface area (Å²) in [6, 6.07) is 0. The van der Waals surface area contributed by atoms with Crippen molar-refractivity contribution in [1.82, 2.24) is 10.2 Å². The van der Waals surface area contributed by atoms with E-state index in [0.29, 0.717) is 39.1 Å². The van der Waals surface area contributed by atoms with E-state index in [9.17, 15) is 14.7 Å². The number of nitrogens with zero attached hydrogens (tertiary/aromatic N) is 1. The largest absolute Gasteiger partial charge is 0.396 e. The average molecular weight is 312 g/mol. The first-order chi connectivity index (χ1) is 10.7. The standard InChI is InChI=1S/C16H28N2O4/c19-13-16(6-10-22-11-7-16)12-17-14(20)5-9-18-8-3-1-2-4-15(18)21/h19H,1-13H2,(H,17,20). The SMILES string of the molecule is O=C(CCN1CCCCCC1=O)NCC1(CO)CCOCC1. The lowest BCUT2D eigenvalue weighted by Gasteiger charge is -2.35. The average Bonchev–Trinajstić information content (AvgIpc) is 2.76. The number of rotatable bonds is 6. The van der Waals surface area contributed by atoms with Crippen molar-refractivity contribution in [3.63, 3.8) is 0 Å². The van der Waals surface area contributed by atoms with Gasteiger partial charge in [0.2, 0.25) is 11.8 Å². The van der Waals surface area contributed by atoms with Gasteiger partial charge in [0.25, 0.3) is 0 Å². The molecular formula is C16H28N2O4. The van der Waals surface area contributed by atoms with Gasteiger partial charge in [0.05, 0.1) is 6.61 Å². The molecule has 0 bridgehead atoms. The van der Waals surface area contributed by atoms with Gasteiger partial charge in [0, 0.05) is 51.1 Å². The van der Waals surface area contributed by atoms with Gasteiger partial charge in [0.15, 0.2) is 0 Å². The number of carbonyl (C=O) groups excluding carboxylic acids is 2. The zero-order chi connectivity index (χ0) is 15.8. The summed E-state index contributed by atoms with van der Waals surface area (Å²) in [6.45, 7) is 3.10. The summed E-state index contributed by atoms with van der Waals surface area (Å²) in [5.41, 5.74) is -0.244. The molecule has 2 saturated heterocycles. The molecule has 0 aliphatic carbocycles. The monoisotopic (exact) mass is 312 g/mol. The summed E-state index contributed by atoms with van der Waals surface area (Å²) < 4.78 is 5.32. The molecule has 6 heteroatoms. The summed E-state index contributed by atoms with van der Waals surface area (Å²) in [4.78, 5) is 25.7. The van der Waals surface area contributed by atoms with Gasteiger partial charge in [-0.3, -0.25) is 9.59 Å². The van der Waals surface area contributed by atoms with E-state index >= 15 is 0 Å². The van der Waals surface area contributed by atoms with Gasteiger partial charge in [-0.2, -0.15) is 0 Å². The third-order valence-electron chi connectivity index (χ3n) is 4.83. The lowest BCUT2D eigenvalue weighted by molar-refractivity contribution is -0.131. The molecule has 2 aliphatic heterocycles. The van der Waals surface area contributed by atoms with Crippen molar-refractivity contribution in [3.8, 4) is 0 Å². The molecule has 2 amide bonds. The summed E-state index contributed by atoms with van der Waals surface area (Å²) in [7, 11) is 0. The van der Waals surface area contributed by atoms with Crippen molar-refractivity contribution in [3.05, 3.63) is 0 Å². The van der Waals surface area contributed by atoms with Gasteiger partial charge < -0.3 is 20.1 Å². The Hall–Kier alpha value is -1.14. The summed E-state index contributed by atoms with van der Waals surface area (Å²) in [6.07, 6.45) is 5.57. The Bertz CT molecular complexity index is 380. The number of carbonyl (C=O) groups is 2. The van der Waals surface area contributed by atoms with Crippen molar-refractivity contribution >= 4 is 11.8 Å². The fourth-order valence-corrected chi connectivity index (χ4v) is 3.08. The van der Waals surface area contributed by atoms with Crippen molar-refractivity contribution in [1.29, 1.82) is 0 Å². The molecule has 22 heavy (non-hydrogen) atoms. The van der Waals surface area contributed by atoms with E-state index in [1.807, 2.05) is 4.90 Å². The summed E-state index contributed by atoms with van der Waals surface area (Å²) in [5.74, 6) is 0.123. The highest BCUT2D eigenvalue weighted by molar-refractivity contribution is 5.79. The first-order valence-corrected chi connectivity index (χ1v) is 8.38. The summed E-state index contributed by atoms with van der Waals surface area (Å²) in [5, 5.41) is 12.5. The van der Waals surface area contributed by atoms with Gasteiger partial charge >= 0.3 is 0 Å². The molecule has 0 aromatic carbocycles. The van der Waals surface area contributed by atoms with Crippen LogP contribution in [0.1, 0.15) is 44.9 Å². The van der Waals surface area contributed by atoms with Crippen LogP contribution in [0.4, 0.5) is 0 Å². The lowest BCUT2D eigenvalue weighted by atomic mass is 9.81. The van der Waals surface area contributed by atoms with Crippen LogP contribution in [0.15, 0.2) is 0 Å². The van der Waals surface area contributed by atoms with Crippen LogP contribution in [0.25, 0.3) is 0 Å². The molecular weight excluding hydrogens is 284 g/mol. The van der Waals surface area contributed by atoms with E-state index < -0.39 is 0 Å². The third kappa shape index (κ3) is 4.95. The van der Waals surface area contributed by atoms with Crippen LogP contribution in [-0.2, 0) is 14.3 Å². The van der Waals surface area contributed by atoms with Crippen LogP contribution in [0.2, 0.25) is 0 Å². The molecule has 2 aliphatic rings. The Kier molecular flexibility index (Phi) is 6.64. The fraction of sp³-hybridized carbons (Fsp3) is 0.875. The molecule has 2 heterocycles. The second-order valence-corrected chi connectivity index (χ2v) is 6.49. The minimum atomic E-state index is -0.244. The number of ether oxygens (including phenoxy) is 1. The number of aliphatic hydroxyl groups excluding tert-OH is 1. The van der Waals surface area contributed by atoms with Crippen molar-refractivity contribution in [2.24, 2.45) is 5.41 Å². The number of hydrogen-bond acceptors (Lipinski definition) is 4. The zero-order valence-corrected chi connectivity index (χ0v) is 13.3. The quantitative estimate of drug-likeness (QED) is 0.756. The predicted octanol–water partition coefficient (Wildman–Crippen LogP) is 0.684. The molecule has 2 fully saturated rings. The maximum Gasteiger partial charge on any atom is 0.222 e. The van der Waals surface area contributed by atoms with E-state index in [1.165, 1.54) is 0 Å². The molecule has 0 spiro atoms. The second-order valence-electron chi connectivity index (χ2n) is 6.49. The maximum absolute atomic E-state index is 12.0. The molecule has 0 aromatic heterocycles. The molecule has 126 valence electrons. The molecule has 0 unspecified atom stereocenters. The fourth-order valence-electron chi connectivity index (χ4n) is 3.08. The molecule has 0 saturated carbocycles. The van der Waals surface area contributed by atoms with Crippen molar-refractivity contribution in [2.75, 3.05) is 39.5 Å². The van der Waals surface area contributed by atoms with E-state index in [4.69, 9.17) is 4.74 Å². The molecule has 2 rings (SSSR count). The molecule has 0 aromatic rings. The normalized spacial score (nSPS) is 22.2. The van der Waals surface area contributed by atoms with Crippen LogP contribution in [0, 0.1) is 5.41 Å². The zero-order valence-electron chi connectivity index (χ0n) is 13.3. The van der Waals surface area contributed by atoms with Crippen LogP contribution < -0.4 is 5.32 Å². The molecule has 2 N–H and O–H groups in total. The minimum Gasteiger partial charge on any atom is -0.396 e.